The van der Waals surface area contributed by atoms with Crippen molar-refractivity contribution in [3.63, 3.8) is 0 Å². The fourth-order valence-electron chi connectivity index (χ4n) is 4.03. The molecule has 0 aliphatic carbocycles. The Hall–Kier alpha value is -3.22. The summed E-state index contributed by atoms with van der Waals surface area (Å²) in [6.45, 7) is 0. The van der Waals surface area contributed by atoms with Gasteiger partial charge in [0, 0.05) is 34.5 Å². The highest BCUT2D eigenvalue weighted by atomic mass is 35.5. The molecule has 0 unspecified atom stereocenters. The molecule has 1 aliphatic heterocycles. The summed E-state index contributed by atoms with van der Waals surface area (Å²) in [4.78, 5) is 6.64. The summed E-state index contributed by atoms with van der Waals surface area (Å²) in [5.41, 5.74) is 3.49. The average molecular weight is 449 g/mol. The molecular formula is C24H18ClFN4S. The van der Waals surface area contributed by atoms with Crippen LogP contribution in [-0.4, -0.2) is 14.7 Å². The van der Waals surface area contributed by atoms with Crippen LogP contribution in [0.5, 0.6) is 0 Å². The minimum absolute atomic E-state index is 0.188. The lowest BCUT2D eigenvalue weighted by molar-refractivity contribution is 0.549. The lowest BCUT2D eigenvalue weighted by Gasteiger charge is -2.29. The van der Waals surface area contributed by atoms with E-state index in [9.17, 15) is 4.39 Å². The summed E-state index contributed by atoms with van der Waals surface area (Å²) in [6, 6.07) is 23.5. The Morgan fingerprint density at radius 1 is 0.935 bits per heavy atom. The minimum Gasteiger partial charge on any atom is -0.351 e. The van der Waals surface area contributed by atoms with Crippen molar-refractivity contribution in [1.82, 2.24) is 14.9 Å². The van der Waals surface area contributed by atoms with E-state index in [1.807, 2.05) is 71.4 Å². The van der Waals surface area contributed by atoms with Gasteiger partial charge in [-0.05, 0) is 78.9 Å². The van der Waals surface area contributed by atoms with Crippen LogP contribution in [0.2, 0.25) is 5.02 Å². The van der Waals surface area contributed by atoms with Crippen LogP contribution in [0, 0.1) is 5.82 Å². The summed E-state index contributed by atoms with van der Waals surface area (Å²) in [5.74, 6) is -0.284. The van der Waals surface area contributed by atoms with Crippen molar-refractivity contribution < 1.29 is 4.39 Å². The molecule has 1 aliphatic rings. The lowest BCUT2D eigenvalue weighted by Crippen LogP contribution is -2.30. The van der Waals surface area contributed by atoms with Gasteiger partial charge in [-0.2, -0.15) is 0 Å². The standard InChI is InChI=1S/C24H18ClFN4S/c25-16-9-11-18(12-10-16)30-23(22(28-24(30)31)20-7-1-2-13-27-20)21-8-4-14-29(21)19-6-3-5-17(26)15-19/h1-15,22-23H,(H,28,31)/t22-,23-/m0/s1. The zero-order chi connectivity index (χ0) is 21.4. The first kappa shape index (κ1) is 19.7. The van der Waals surface area contributed by atoms with Crippen molar-refractivity contribution in [2.75, 3.05) is 4.90 Å². The zero-order valence-electron chi connectivity index (χ0n) is 16.3. The molecule has 4 nitrogen and oxygen atoms in total. The van der Waals surface area contributed by atoms with Crippen molar-refractivity contribution >= 4 is 34.6 Å². The molecule has 7 heteroatoms. The largest absolute Gasteiger partial charge is 0.351 e. The molecule has 5 rings (SSSR count). The highest BCUT2D eigenvalue weighted by Gasteiger charge is 2.42. The number of halogens is 2. The van der Waals surface area contributed by atoms with E-state index in [1.165, 1.54) is 12.1 Å². The van der Waals surface area contributed by atoms with Gasteiger partial charge in [-0.15, -0.1) is 0 Å². The minimum atomic E-state index is -0.284. The summed E-state index contributed by atoms with van der Waals surface area (Å²) >= 11 is 11.9. The molecule has 2 atom stereocenters. The maximum atomic E-state index is 14.0. The van der Waals surface area contributed by atoms with E-state index in [1.54, 1.807) is 12.3 Å². The number of rotatable bonds is 4. The van der Waals surface area contributed by atoms with E-state index >= 15 is 0 Å². The molecule has 0 radical (unpaired) electrons. The van der Waals surface area contributed by atoms with Crippen molar-refractivity contribution in [2.24, 2.45) is 0 Å². The van der Waals surface area contributed by atoms with Gasteiger partial charge in [0.05, 0.1) is 11.7 Å². The molecule has 154 valence electrons. The molecule has 0 amide bonds. The SMILES string of the molecule is Fc1cccc(-n2cccc2[C@H]2[C@H](c3ccccn3)NC(=S)N2c2ccc(Cl)cc2)c1. The quantitative estimate of drug-likeness (QED) is 0.397. The van der Waals surface area contributed by atoms with Crippen LogP contribution in [0.1, 0.15) is 23.5 Å². The van der Waals surface area contributed by atoms with Gasteiger partial charge in [0.2, 0.25) is 0 Å². The maximum absolute atomic E-state index is 14.0. The molecule has 0 saturated carbocycles. The Morgan fingerprint density at radius 3 is 2.52 bits per heavy atom. The van der Waals surface area contributed by atoms with Gasteiger partial charge in [-0.1, -0.05) is 23.7 Å². The van der Waals surface area contributed by atoms with E-state index in [2.05, 4.69) is 15.2 Å². The van der Waals surface area contributed by atoms with Crippen LogP contribution < -0.4 is 10.2 Å². The van der Waals surface area contributed by atoms with E-state index in [-0.39, 0.29) is 17.9 Å². The van der Waals surface area contributed by atoms with Crippen LogP contribution in [0.15, 0.2) is 91.3 Å². The number of benzene rings is 2. The number of hydrogen-bond donors (Lipinski definition) is 1. The first-order valence-electron chi connectivity index (χ1n) is 9.81. The fourth-order valence-corrected chi connectivity index (χ4v) is 4.50. The summed E-state index contributed by atoms with van der Waals surface area (Å²) < 4.78 is 16.0. The molecule has 0 spiro atoms. The van der Waals surface area contributed by atoms with E-state index < -0.39 is 0 Å². The number of anilines is 1. The predicted molar refractivity (Wildman–Crippen MR) is 125 cm³/mol. The molecule has 2 aromatic carbocycles. The Balaban J connectivity index is 1.67. The number of aromatic nitrogens is 2. The second-order valence-corrected chi connectivity index (χ2v) is 8.08. The molecule has 3 heterocycles. The second-order valence-electron chi connectivity index (χ2n) is 7.26. The normalized spacial score (nSPS) is 18.3. The van der Waals surface area contributed by atoms with Gasteiger partial charge < -0.3 is 14.8 Å². The Labute approximate surface area is 189 Å². The highest BCUT2D eigenvalue weighted by Crippen LogP contribution is 2.42. The van der Waals surface area contributed by atoms with Crippen LogP contribution >= 0.6 is 23.8 Å². The predicted octanol–water partition coefficient (Wildman–Crippen LogP) is 5.84. The maximum Gasteiger partial charge on any atom is 0.174 e. The molecule has 2 aromatic heterocycles. The third kappa shape index (κ3) is 3.69. The van der Waals surface area contributed by atoms with Crippen LogP contribution in [0.3, 0.4) is 0 Å². The monoisotopic (exact) mass is 448 g/mol. The van der Waals surface area contributed by atoms with E-state index in [0.717, 1.165) is 22.8 Å². The van der Waals surface area contributed by atoms with Crippen molar-refractivity contribution in [3.05, 3.63) is 113 Å². The molecule has 1 N–H and O–H groups in total. The molecule has 1 saturated heterocycles. The Kier molecular flexibility index (Phi) is 5.18. The zero-order valence-corrected chi connectivity index (χ0v) is 17.9. The van der Waals surface area contributed by atoms with E-state index in [0.29, 0.717) is 10.1 Å². The van der Waals surface area contributed by atoms with Crippen LogP contribution in [0.4, 0.5) is 10.1 Å². The van der Waals surface area contributed by atoms with Gasteiger partial charge in [0.25, 0.3) is 0 Å². The molecule has 1 fully saturated rings. The number of thiocarbonyl (C=S) groups is 1. The third-order valence-corrected chi connectivity index (χ3v) is 5.94. The number of nitrogens with zero attached hydrogens (tertiary/aromatic N) is 3. The van der Waals surface area contributed by atoms with Crippen molar-refractivity contribution in [1.29, 1.82) is 0 Å². The summed E-state index contributed by atoms with van der Waals surface area (Å²) in [5, 5.41) is 4.68. The molecular weight excluding hydrogens is 431 g/mol. The first-order chi connectivity index (χ1) is 15.1. The smallest absolute Gasteiger partial charge is 0.174 e. The molecule has 31 heavy (non-hydrogen) atoms. The van der Waals surface area contributed by atoms with Gasteiger partial charge in [0.15, 0.2) is 5.11 Å². The first-order valence-corrected chi connectivity index (χ1v) is 10.6. The number of pyridine rings is 1. The molecule has 4 aromatic rings. The van der Waals surface area contributed by atoms with Crippen LogP contribution in [-0.2, 0) is 0 Å². The number of hydrogen-bond acceptors (Lipinski definition) is 2. The van der Waals surface area contributed by atoms with Crippen molar-refractivity contribution in [3.8, 4) is 5.69 Å². The van der Waals surface area contributed by atoms with E-state index in [4.69, 9.17) is 23.8 Å². The Morgan fingerprint density at radius 2 is 1.77 bits per heavy atom. The van der Waals surface area contributed by atoms with Gasteiger partial charge >= 0.3 is 0 Å². The lowest BCUT2D eigenvalue weighted by atomic mass is 10.0. The highest BCUT2D eigenvalue weighted by molar-refractivity contribution is 7.80. The van der Waals surface area contributed by atoms with Gasteiger partial charge in [-0.25, -0.2) is 4.39 Å². The molecule has 0 bridgehead atoms. The third-order valence-electron chi connectivity index (χ3n) is 5.37. The average Bonchev–Trinajstić information content (AvgIpc) is 3.39. The van der Waals surface area contributed by atoms with Gasteiger partial charge in [0.1, 0.15) is 11.9 Å². The summed E-state index contributed by atoms with van der Waals surface area (Å²) in [6.07, 6.45) is 3.70. The van der Waals surface area contributed by atoms with Crippen LogP contribution in [0.25, 0.3) is 5.69 Å². The Bertz CT molecular complexity index is 1230. The second kappa shape index (κ2) is 8.13. The van der Waals surface area contributed by atoms with Gasteiger partial charge in [-0.3, -0.25) is 4.98 Å². The number of nitrogens with one attached hydrogen (secondary N) is 1. The fraction of sp³-hybridized carbons (Fsp3) is 0.0833. The summed E-state index contributed by atoms with van der Waals surface area (Å²) in [7, 11) is 0. The topological polar surface area (TPSA) is 33.1 Å². The van der Waals surface area contributed by atoms with Crippen molar-refractivity contribution in [2.45, 2.75) is 12.1 Å².